The zero-order chi connectivity index (χ0) is 9.97. The summed E-state index contributed by atoms with van der Waals surface area (Å²) in [6.45, 7) is 1.95. The molecule has 0 unspecified atom stereocenters. The zero-order valence-corrected chi connectivity index (χ0v) is 8.32. The second kappa shape index (κ2) is 3.75. The Bertz CT molecular complexity index is 441. The Morgan fingerprint density at radius 1 is 1.43 bits per heavy atom. The van der Waals surface area contributed by atoms with E-state index in [9.17, 15) is 0 Å². The summed E-state index contributed by atoms with van der Waals surface area (Å²) in [5.74, 6) is 1.20. The quantitative estimate of drug-likeness (QED) is 0.712. The number of rotatable bonds is 2. The summed E-state index contributed by atoms with van der Waals surface area (Å²) < 4.78 is 5.01. The van der Waals surface area contributed by atoms with E-state index in [1.54, 1.807) is 12.4 Å². The molecule has 5 heteroatoms. The second-order valence-corrected chi connectivity index (χ2v) is 3.17. The van der Waals surface area contributed by atoms with E-state index in [-0.39, 0.29) is 5.88 Å². The van der Waals surface area contributed by atoms with Gasteiger partial charge >= 0.3 is 0 Å². The first kappa shape index (κ1) is 9.15. The number of pyridine rings is 1. The average molecular weight is 210 g/mol. The Hall–Kier alpha value is -1.42. The molecular weight excluding hydrogens is 202 g/mol. The van der Waals surface area contributed by atoms with E-state index >= 15 is 0 Å². The van der Waals surface area contributed by atoms with Crippen molar-refractivity contribution in [3.63, 3.8) is 0 Å². The fourth-order valence-corrected chi connectivity index (χ4v) is 1.21. The SMILES string of the molecule is Cc1cncc(-c2nc(CCl)no2)c1. The fourth-order valence-electron chi connectivity index (χ4n) is 1.10. The van der Waals surface area contributed by atoms with Gasteiger partial charge in [-0.25, -0.2) is 0 Å². The lowest BCUT2D eigenvalue weighted by atomic mass is 10.2. The molecule has 0 fully saturated rings. The number of alkyl halides is 1. The summed E-state index contributed by atoms with van der Waals surface area (Å²) in [4.78, 5) is 8.13. The molecule has 4 nitrogen and oxygen atoms in total. The van der Waals surface area contributed by atoms with Gasteiger partial charge in [-0.15, -0.1) is 11.6 Å². The van der Waals surface area contributed by atoms with E-state index in [2.05, 4.69) is 15.1 Å². The van der Waals surface area contributed by atoms with Crippen LogP contribution in [-0.4, -0.2) is 15.1 Å². The predicted molar refractivity (Wildman–Crippen MR) is 51.8 cm³/mol. The highest BCUT2D eigenvalue weighted by Crippen LogP contribution is 2.17. The molecular formula is C9H8ClN3O. The summed E-state index contributed by atoms with van der Waals surface area (Å²) in [5.41, 5.74) is 1.86. The van der Waals surface area contributed by atoms with Gasteiger partial charge in [-0.2, -0.15) is 4.98 Å². The molecule has 2 aromatic rings. The van der Waals surface area contributed by atoms with Crippen LogP contribution in [0.25, 0.3) is 11.5 Å². The van der Waals surface area contributed by atoms with Gasteiger partial charge in [-0.05, 0) is 18.6 Å². The third-order valence-corrected chi connectivity index (χ3v) is 1.95. The molecule has 2 aromatic heterocycles. The van der Waals surface area contributed by atoms with Crippen molar-refractivity contribution in [3.05, 3.63) is 29.8 Å². The zero-order valence-electron chi connectivity index (χ0n) is 7.57. The van der Waals surface area contributed by atoms with Gasteiger partial charge in [0.2, 0.25) is 0 Å². The van der Waals surface area contributed by atoms with Gasteiger partial charge in [0.15, 0.2) is 5.82 Å². The van der Waals surface area contributed by atoms with E-state index in [0.29, 0.717) is 11.7 Å². The summed E-state index contributed by atoms with van der Waals surface area (Å²) in [5, 5.41) is 3.69. The normalized spacial score (nSPS) is 10.4. The van der Waals surface area contributed by atoms with Gasteiger partial charge < -0.3 is 4.52 Å². The second-order valence-electron chi connectivity index (χ2n) is 2.90. The highest BCUT2D eigenvalue weighted by molar-refractivity contribution is 6.16. The van der Waals surface area contributed by atoms with Crippen LogP contribution in [0.3, 0.4) is 0 Å². The molecule has 72 valence electrons. The number of halogens is 1. The van der Waals surface area contributed by atoms with E-state index in [4.69, 9.17) is 16.1 Å². The van der Waals surface area contributed by atoms with Crippen molar-refractivity contribution in [2.24, 2.45) is 0 Å². The highest BCUT2D eigenvalue weighted by atomic mass is 35.5. The molecule has 0 amide bonds. The summed E-state index contributed by atoms with van der Waals surface area (Å²) in [6, 6.07) is 1.93. The van der Waals surface area contributed by atoms with E-state index in [0.717, 1.165) is 11.1 Å². The first-order valence-corrected chi connectivity index (χ1v) is 4.63. The van der Waals surface area contributed by atoms with Gasteiger partial charge in [0.05, 0.1) is 11.4 Å². The van der Waals surface area contributed by atoms with Crippen molar-refractivity contribution in [3.8, 4) is 11.5 Å². The maximum Gasteiger partial charge on any atom is 0.259 e. The van der Waals surface area contributed by atoms with Crippen LogP contribution in [0.4, 0.5) is 0 Å². The van der Waals surface area contributed by atoms with Crippen molar-refractivity contribution in [1.29, 1.82) is 0 Å². The van der Waals surface area contributed by atoms with E-state index in [1.165, 1.54) is 0 Å². The van der Waals surface area contributed by atoms with Crippen LogP contribution in [0, 0.1) is 6.92 Å². The van der Waals surface area contributed by atoms with Crippen LogP contribution in [0.5, 0.6) is 0 Å². The van der Waals surface area contributed by atoms with Crippen LogP contribution in [0.1, 0.15) is 11.4 Å². The number of hydrogen-bond acceptors (Lipinski definition) is 4. The van der Waals surface area contributed by atoms with Gasteiger partial charge in [-0.3, -0.25) is 4.98 Å². The Balaban J connectivity index is 2.39. The largest absolute Gasteiger partial charge is 0.334 e. The monoisotopic (exact) mass is 209 g/mol. The van der Waals surface area contributed by atoms with Crippen LogP contribution in [-0.2, 0) is 5.88 Å². The van der Waals surface area contributed by atoms with Crippen molar-refractivity contribution in [2.45, 2.75) is 12.8 Å². The summed E-state index contributed by atoms with van der Waals surface area (Å²) >= 11 is 5.56. The van der Waals surface area contributed by atoms with Crippen molar-refractivity contribution < 1.29 is 4.52 Å². The first-order valence-electron chi connectivity index (χ1n) is 4.10. The smallest absolute Gasteiger partial charge is 0.259 e. The molecule has 14 heavy (non-hydrogen) atoms. The minimum absolute atomic E-state index is 0.253. The third kappa shape index (κ3) is 1.75. The number of aryl methyl sites for hydroxylation is 1. The molecule has 0 aromatic carbocycles. The molecule has 0 aliphatic heterocycles. The Morgan fingerprint density at radius 2 is 2.29 bits per heavy atom. The molecule has 0 aliphatic rings. The molecule has 2 rings (SSSR count). The maximum atomic E-state index is 5.56. The summed E-state index contributed by atoms with van der Waals surface area (Å²) in [7, 11) is 0. The number of aromatic nitrogens is 3. The molecule has 0 saturated heterocycles. The fraction of sp³-hybridized carbons (Fsp3) is 0.222. The van der Waals surface area contributed by atoms with Gasteiger partial charge in [0.1, 0.15) is 0 Å². The minimum atomic E-state index is 0.253. The lowest BCUT2D eigenvalue weighted by molar-refractivity contribution is 0.425. The van der Waals surface area contributed by atoms with Crippen LogP contribution >= 0.6 is 11.6 Å². The molecule has 0 saturated carbocycles. The molecule has 0 aliphatic carbocycles. The highest BCUT2D eigenvalue weighted by Gasteiger charge is 2.07. The average Bonchev–Trinajstić information content (AvgIpc) is 2.66. The Morgan fingerprint density at radius 3 is 2.93 bits per heavy atom. The maximum absolute atomic E-state index is 5.56. The minimum Gasteiger partial charge on any atom is -0.334 e. The Labute approximate surface area is 85.9 Å². The van der Waals surface area contributed by atoms with Gasteiger partial charge in [0, 0.05) is 12.4 Å². The van der Waals surface area contributed by atoms with Crippen molar-refractivity contribution >= 4 is 11.6 Å². The lowest BCUT2D eigenvalue weighted by Crippen LogP contribution is -1.83. The predicted octanol–water partition coefficient (Wildman–Crippen LogP) is 2.18. The molecule has 2 heterocycles. The summed E-state index contributed by atoms with van der Waals surface area (Å²) in [6.07, 6.45) is 3.45. The van der Waals surface area contributed by atoms with Crippen LogP contribution in [0.2, 0.25) is 0 Å². The third-order valence-electron chi connectivity index (χ3n) is 1.71. The Kier molecular flexibility index (Phi) is 2.45. The first-order chi connectivity index (χ1) is 6.79. The molecule has 0 spiro atoms. The van der Waals surface area contributed by atoms with E-state index in [1.807, 2.05) is 13.0 Å². The molecule has 0 bridgehead atoms. The standard InChI is InChI=1S/C9H8ClN3O/c1-6-2-7(5-11-4-6)9-12-8(3-10)13-14-9/h2,4-5H,3H2,1H3. The van der Waals surface area contributed by atoms with Crippen molar-refractivity contribution in [1.82, 2.24) is 15.1 Å². The molecule has 0 radical (unpaired) electrons. The van der Waals surface area contributed by atoms with Gasteiger partial charge in [-0.1, -0.05) is 5.16 Å². The number of hydrogen-bond donors (Lipinski definition) is 0. The lowest BCUT2D eigenvalue weighted by Gasteiger charge is -1.93. The molecule has 0 atom stereocenters. The topological polar surface area (TPSA) is 51.8 Å². The van der Waals surface area contributed by atoms with Crippen LogP contribution in [0.15, 0.2) is 23.0 Å². The van der Waals surface area contributed by atoms with Gasteiger partial charge in [0.25, 0.3) is 5.89 Å². The van der Waals surface area contributed by atoms with Crippen molar-refractivity contribution in [2.75, 3.05) is 0 Å². The van der Waals surface area contributed by atoms with E-state index < -0.39 is 0 Å². The number of nitrogens with zero attached hydrogens (tertiary/aromatic N) is 3. The molecule has 0 N–H and O–H groups in total. The van der Waals surface area contributed by atoms with Crippen LogP contribution < -0.4 is 0 Å².